The van der Waals surface area contributed by atoms with E-state index in [0.717, 1.165) is 27.6 Å². The number of carbonyl (C=O) groups excluding carboxylic acids is 4. The van der Waals surface area contributed by atoms with Crippen molar-refractivity contribution in [3.05, 3.63) is 114 Å². The largest absolute Gasteiger partial charge is 0.381 e. The van der Waals surface area contributed by atoms with E-state index in [2.05, 4.69) is 20.9 Å². The first-order valence-corrected chi connectivity index (χ1v) is 13.1. The number of hydrogen-bond acceptors (Lipinski definition) is 5. The van der Waals surface area contributed by atoms with Crippen LogP contribution in [-0.2, 0) is 38.6 Å². The van der Waals surface area contributed by atoms with Gasteiger partial charge in [0.25, 0.3) is 5.91 Å². The highest BCUT2D eigenvalue weighted by molar-refractivity contribution is 6.08. The number of fused-ring (bicyclic) bond motifs is 1. The van der Waals surface area contributed by atoms with E-state index in [-0.39, 0.29) is 19.4 Å². The summed E-state index contributed by atoms with van der Waals surface area (Å²) in [7, 11) is 0. The van der Waals surface area contributed by atoms with Gasteiger partial charge in [-0.05, 0) is 29.2 Å². The van der Waals surface area contributed by atoms with E-state index < -0.39 is 41.8 Å². The first kappa shape index (κ1) is 29.0. The summed E-state index contributed by atoms with van der Waals surface area (Å²) in [6.45, 7) is 0.199. The third kappa shape index (κ3) is 8.26. The SMILES string of the molecule is NC(=O)[CH]C(=O)N[C@@H](Cc1c[nH]c2ccccc12)C(=O)N[C@@H](Cc1ccccc1)[C@H](O)C(=O)NCc1ccccc1. The molecule has 0 aliphatic rings. The second kappa shape index (κ2) is 13.9. The number of rotatable bonds is 13. The minimum Gasteiger partial charge on any atom is -0.381 e. The Morgan fingerprint density at radius 1 is 0.805 bits per heavy atom. The number of benzene rings is 3. The molecule has 211 valence electrons. The maximum absolute atomic E-state index is 13.6. The fourth-order valence-corrected chi connectivity index (χ4v) is 4.54. The molecule has 0 spiro atoms. The van der Waals surface area contributed by atoms with Crippen molar-refractivity contribution < 1.29 is 24.3 Å². The topological polar surface area (TPSA) is 166 Å². The number of aliphatic hydroxyl groups is 1. The fourth-order valence-electron chi connectivity index (χ4n) is 4.54. The minimum absolute atomic E-state index is 0.0720. The first-order chi connectivity index (χ1) is 19.8. The molecule has 0 bridgehead atoms. The molecule has 0 fully saturated rings. The van der Waals surface area contributed by atoms with Crippen molar-refractivity contribution in [3.8, 4) is 0 Å². The van der Waals surface area contributed by atoms with Gasteiger partial charge in [0.2, 0.25) is 17.7 Å². The van der Waals surface area contributed by atoms with Gasteiger partial charge in [0.05, 0.1) is 6.04 Å². The van der Waals surface area contributed by atoms with Crippen LogP contribution in [0, 0.1) is 6.42 Å². The summed E-state index contributed by atoms with van der Waals surface area (Å²) in [5, 5.41) is 19.9. The van der Waals surface area contributed by atoms with Crippen LogP contribution < -0.4 is 21.7 Å². The first-order valence-electron chi connectivity index (χ1n) is 13.1. The van der Waals surface area contributed by atoms with E-state index in [1.54, 1.807) is 6.20 Å². The van der Waals surface area contributed by atoms with Crippen molar-refractivity contribution in [2.75, 3.05) is 0 Å². The lowest BCUT2D eigenvalue weighted by atomic mass is 9.98. The van der Waals surface area contributed by atoms with E-state index in [1.165, 1.54) is 0 Å². The number of carbonyl (C=O) groups is 4. The van der Waals surface area contributed by atoms with Gasteiger partial charge >= 0.3 is 0 Å². The number of primary amides is 1. The van der Waals surface area contributed by atoms with Gasteiger partial charge in [-0.3, -0.25) is 19.2 Å². The lowest BCUT2D eigenvalue weighted by Crippen LogP contribution is -2.57. The molecule has 4 rings (SSSR count). The average molecular weight is 555 g/mol. The molecule has 4 amide bonds. The van der Waals surface area contributed by atoms with Crippen LogP contribution in [0.25, 0.3) is 10.9 Å². The molecule has 41 heavy (non-hydrogen) atoms. The number of aromatic amines is 1. The number of aliphatic hydroxyl groups excluding tert-OH is 1. The molecule has 1 heterocycles. The lowest BCUT2D eigenvalue weighted by molar-refractivity contribution is -0.134. The van der Waals surface area contributed by atoms with Crippen LogP contribution in [0.3, 0.4) is 0 Å². The zero-order valence-corrected chi connectivity index (χ0v) is 22.2. The van der Waals surface area contributed by atoms with Crippen LogP contribution in [0.1, 0.15) is 16.7 Å². The summed E-state index contributed by atoms with van der Waals surface area (Å²) >= 11 is 0. The molecular formula is C31H32N5O5. The Labute approximate surface area is 237 Å². The predicted octanol–water partition coefficient (Wildman–Crippen LogP) is 1.29. The third-order valence-corrected chi connectivity index (χ3v) is 6.59. The normalized spacial score (nSPS) is 13.1. The smallest absolute Gasteiger partial charge is 0.251 e. The number of hydrogen-bond donors (Lipinski definition) is 6. The van der Waals surface area contributed by atoms with Crippen LogP contribution >= 0.6 is 0 Å². The third-order valence-electron chi connectivity index (χ3n) is 6.59. The molecule has 1 radical (unpaired) electrons. The van der Waals surface area contributed by atoms with Crippen molar-refractivity contribution in [3.63, 3.8) is 0 Å². The summed E-state index contributed by atoms with van der Waals surface area (Å²) in [6, 6.07) is 23.7. The maximum Gasteiger partial charge on any atom is 0.251 e. The van der Waals surface area contributed by atoms with Gasteiger partial charge in [-0.2, -0.15) is 0 Å². The molecule has 4 aromatic rings. The van der Waals surface area contributed by atoms with Gasteiger partial charge in [0.15, 0.2) is 6.10 Å². The number of aromatic nitrogens is 1. The van der Waals surface area contributed by atoms with E-state index in [1.807, 2.05) is 84.9 Å². The molecule has 3 aromatic carbocycles. The van der Waals surface area contributed by atoms with Gasteiger partial charge in [-0.25, -0.2) is 0 Å². The van der Waals surface area contributed by atoms with Crippen LogP contribution in [0.4, 0.5) is 0 Å². The van der Waals surface area contributed by atoms with Crippen LogP contribution in [0.2, 0.25) is 0 Å². The van der Waals surface area contributed by atoms with Gasteiger partial charge in [-0.1, -0.05) is 78.9 Å². The van der Waals surface area contributed by atoms with Gasteiger partial charge in [0, 0.05) is 30.1 Å². The van der Waals surface area contributed by atoms with E-state index in [9.17, 15) is 24.3 Å². The van der Waals surface area contributed by atoms with Crippen LogP contribution in [0.5, 0.6) is 0 Å². The molecule has 1 aromatic heterocycles. The minimum atomic E-state index is -1.59. The zero-order chi connectivity index (χ0) is 29.2. The quantitative estimate of drug-likeness (QED) is 0.137. The van der Waals surface area contributed by atoms with Crippen molar-refractivity contribution in [1.29, 1.82) is 0 Å². The molecule has 10 nitrogen and oxygen atoms in total. The Kier molecular flexibility index (Phi) is 9.85. The summed E-state index contributed by atoms with van der Waals surface area (Å²) in [5.74, 6) is -3.09. The van der Waals surface area contributed by atoms with Crippen LogP contribution in [0.15, 0.2) is 91.1 Å². The molecule has 0 aliphatic carbocycles. The highest BCUT2D eigenvalue weighted by Crippen LogP contribution is 2.19. The fraction of sp³-hybridized carbons (Fsp3) is 0.194. The zero-order valence-electron chi connectivity index (χ0n) is 22.2. The van der Waals surface area contributed by atoms with E-state index in [0.29, 0.717) is 6.42 Å². The highest BCUT2D eigenvalue weighted by Gasteiger charge is 2.31. The Hall–Kier alpha value is -4.96. The number of amides is 4. The highest BCUT2D eigenvalue weighted by atomic mass is 16.3. The molecule has 0 unspecified atom stereocenters. The second-order valence-corrected chi connectivity index (χ2v) is 9.62. The Balaban J connectivity index is 1.54. The monoisotopic (exact) mass is 554 g/mol. The molecule has 3 atom stereocenters. The number of H-pyrrole nitrogens is 1. The lowest BCUT2D eigenvalue weighted by Gasteiger charge is -2.27. The number of nitrogens with two attached hydrogens (primary N) is 1. The summed E-state index contributed by atoms with van der Waals surface area (Å²) < 4.78 is 0. The van der Waals surface area contributed by atoms with E-state index >= 15 is 0 Å². The number of para-hydroxylation sites is 1. The Bertz CT molecular complexity index is 1490. The molecular weight excluding hydrogens is 522 g/mol. The average Bonchev–Trinajstić information content (AvgIpc) is 3.38. The summed E-state index contributed by atoms with van der Waals surface area (Å²) in [4.78, 5) is 53.4. The number of nitrogens with one attached hydrogen (secondary N) is 4. The maximum atomic E-state index is 13.6. The van der Waals surface area contributed by atoms with Gasteiger partial charge in [0.1, 0.15) is 12.5 Å². The predicted molar refractivity (Wildman–Crippen MR) is 154 cm³/mol. The second-order valence-electron chi connectivity index (χ2n) is 9.62. The van der Waals surface area contributed by atoms with Crippen LogP contribution in [-0.4, -0.2) is 51.9 Å². The summed E-state index contributed by atoms with van der Waals surface area (Å²) in [6.07, 6.45) is 1.02. The van der Waals surface area contributed by atoms with E-state index in [4.69, 9.17) is 5.73 Å². The molecule has 7 N–H and O–H groups in total. The Morgan fingerprint density at radius 3 is 2.12 bits per heavy atom. The van der Waals surface area contributed by atoms with Crippen molar-refractivity contribution in [2.45, 2.75) is 37.6 Å². The molecule has 0 aliphatic heterocycles. The van der Waals surface area contributed by atoms with Crippen molar-refractivity contribution in [1.82, 2.24) is 20.9 Å². The standard InChI is InChI=1S/C31H32N5O5/c32-27(37)17-28(38)35-26(16-22-19-33-24-14-8-7-13-23(22)24)30(40)36-25(15-20-9-3-1-4-10-20)29(39)31(41)34-18-21-11-5-2-6-12-21/h1-14,17,19,25-26,29,33,39H,15-16,18H2,(H2,32,37)(H,34,41)(H,35,38)(H,36,40)/t25-,26-,29-/m0/s1. The van der Waals surface area contributed by atoms with Gasteiger partial charge in [-0.15, -0.1) is 0 Å². The molecule has 10 heteroatoms. The summed E-state index contributed by atoms with van der Waals surface area (Å²) in [5.41, 5.74) is 8.36. The van der Waals surface area contributed by atoms with Crippen molar-refractivity contribution in [2.24, 2.45) is 5.73 Å². The van der Waals surface area contributed by atoms with Gasteiger partial charge < -0.3 is 31.8 Å². The van der Waals surface area contributed by atoms with Crippen molar-refractivity contribution >= 4 is 34.5 Å². The molecule has 0 saturated heterocycles. The molecule has 0 saturated carbocycles. The Morgan fingerprint density at radius 2 is 1.44 bits per heavy atom.